The fourth-order valence-corrected chi connectivity index (χ4v) is 4.75. The Hall–Kier alpha value is -1.84. The highest BCUT2D eigenvalue weighted by atomic mass is 16.2. The second-order valence-corrected chi connectivity index (χ2v) is 7.10. The van der Waals surface area contributed by atoms with Gasteiger partial charge in [-0.05, 0) is 67.9 Å². The molecule has 0 aromatic heterocycles. The molecule has 4 fully saturated rings. The lowest BCUT2D eigenvalue weighted by Crippen LogP contribution is -2.46. The molecule has 2 N–H and O–H groups in total. The lowest BCUT2D eigenvalue weighted by molar-refractivity contribution is -0.119. The molecule has 4 aliphatic rings. The van der Waals surface area contributed by atoms with Crippen LogP contribution in [0.2, 0.25) is 0 Å². The van der Waals surface area contributed by atoms with Gasteiger partial charge >= 0.3 is 0 Å². The van der Waals surface area contributed by atoms with Crippen LogP contribution in [-0.4, -0.2) is 18.2 Å². The summed E-state index contributed by atoms with van der Waals surface area (Å²) in [6.45, 7) is 0.265. The summed E-state index contributed by atoms with van der Waals surface area (Å²) in [5, 5.41) is 7.63. The smallest absolute Gasteiger partial charge is 0.259 e. The molecule has 1 aromatic carbocycles. The van der Waals surface area contributed by atoms with E-state index >= 15 is 0 Å². The van der Waals surface area contributed by atoms with Crippen LogP contribution in [0.3, 0.4) is 0 Å². The minimum absolute atomic E-state index is 0.0647. The van der Waals surface area contributed by atoms with Crippen molar-refractivity contribution in [3.8, 4) is 0 Å². The molecule has 0 unspecified atom stereocenters. The van der Waals surface area contributed by atoms with E-state index in [4.69, 9.17) is 0 Å². The molecular formula is C18H23N3O. The second-order valence-electron chi connectivity index (χ2n) is 7.10. The van der Waals surface area contributed by atoms with Gasteiger partial charge in [0.1, 0.15) is 0 Å². The van der Waals surface area contributed by atoms with Gasteiger partial charge in [0.2, 0.25) is 0 Å². The Morgan fingerprint density at radius 1 is 1.00 bits per heavy atom. The number of hydrazone groups is 1. The number of hydrogen-bond acceptors (Lipinski definition) is 3. The quantitative estimate of drug-likeness (QED) is 0.839. The number of nitrogens with one attached hydrogen (secondary N) is 2. The molecule has 0 atom stereocenters. The molecular weight excluding hydrogens is 274 g/mol. The van der Waals surface area contributed by atoms with E-state index in [1.165, 1.54) is 37.8 Å². The summed E-state index contributed by atoms with van der Waals surface area (Å²) in [7, 11) is 0. The highest BCUT2D eigenvalue weighted by Crippen LogP contribution is 2.52. The molecule has 0 heterocycles. The molecule has 1 amide bonds. The molecule has 1 aromatic rings. The standard InChI is InChI=1S/C18H23N3O/c22-17(11-19-16-4-2-1-3-5-16)20-21-18-14-7-12-6-13(9-14)10-15(18)8-12/h1-5,12-15,19H,6-11H2,(H,20,22). The minimum atomic E-state index is -0.0647. The van der Waals surface area contributed by atoms with E-state index in [1.807, 2.05) is 30.3 Å². The van der Waals surface area contributed by atoms with Gasteiger partial charge in [-0.3, -0.25) is 4.79 Å². The predicted octanol–water partition coefficient (Wildman–Crippen LogP) is 3.03. The molecule has 4 saturated carbocycles. The Balaban J connectivity index is 1.33. The number of nitrogens with zero attached hydrogens (tertiary/aromatic N) is 1. The fraction of sp³-hybridized carbons (Fsp3) is 0.556. The topological polar surface area (TPSA) is 53.5 Å². The molecule has 0 saturated heterocycles. The third-order valence-corrected chi connectivity index (χ3v) is 5.51. The SMILES string of the molecule is O=C(CNc1ccccc1)NN=C1C2CC3CC(C2)CC1C3. The zero-order valence-electron chi connectivity index (χ0n) is 12.8. The lowest BCUT2D eigenvalue weighted by Gasteiger charge is -2.50. The summed E-state index contributed by atoms with van der Waals surface area (Å²) < 4.78 is 0. The molecule has 0 spiro atoms. The maximum absolute atomic E-state index is 12.0. The molecule has 0 radical (unpaired) electrons. The summed E-state index contributed by atoms with van der Waals surface area (Å²) in [5.41, 5.74) is 5.00. The molecule has 22 heavy (non-hydrogen) atoms. The van der Waals surface area contributed by atoms with Crippen LogP contribution >= 0.6 is 0 Å². The second kappa shape index (κ2) is 5.75. The van der Waals surface area contributed by atoms with E-state index < -0.39 is 0 Å². The molecule has 4 nitrogen and oxygen atoms in total. The number of para-hydroxylation sites is 1. The van der Waals surface area contributed by atoms with E-state index in [2.05, 4.69) is 15.8 Å². The van der Waals surface area contributed by atoms with Crippen molar-refractivity contribution in [2.75, 3.05) is 11.9 Å². The van der Waals surface area contributed by atoms with E-state index in [0.29, 0.717) is 11.8 Å². The largest absolute Gasteiger partial charge is 0.376 e. The van der Waals surface area contributed by atoms with E-state index in [1.54, 1.807) is 0 Å². The first-order valence-electron chi connectivity index (χ1n) is 8.43. The van der Waals surface area contributed by atoms with Crippen molar-refractivity contribution in [2.24, 2.45) is 28.8 Å². The fourth-order valence-electron chi connectivity index (χ4n) is 4.75. The molecule has 4 bridgehead atoms. The van der Waals surface area contributed by atoms with Crippen LogP contribution in [0.15, 0.2) is 35.4 Å². The zero-order valence-corrected chi connectivity index (χ0v) is 12.8. The minimum Gasteiger partial charge on any atom is -0.376 e. The number of rotatable bonds is 4. The third-order valence-electron chi connectivity index (χ3n) is 5.51. The monoisotopic (exact) mass is 297 g/mol. The summed E-state index contributed by atoms with van der Waals surface area (Å²) in [6, 6.07) is 9.78. The Labute approximate surface area is 131 Å². The van der Waals surface area contributed by atoms with Crippen LogP contribution in [0.4, 0.5) is 5.69 Å². The Kier molecular flexibility index (Phi) is 3.60. The first-order valence-corrected chi connectivity index (χ1v) is 8.43. The maximum atomic E-state index is 12.0. The molecule has 4 heteroatoms. The molecule has 5 rings (SSSR count). The summed E-state index contributed by atoms with van der Waals surface area (Å²) >= 11 is 0. The van der Waals surface area contributed by atoms with Gasteiger partial charge < -0.3 is 5.32 Å². The summed E-state index contributed by atoms with van der Waals surface area (Å²) in [5.74, 6) is 3.07. The average molecular weight is 297 g/mol. The van der Waals surface area contributed by atoms with Crippen LogP contribution in [0.5, 0.6) is 0 Å². The summed E-state index contributed by atoms with van der Waals surface area (Å²) in [4.78, 5) is 12.0. The predicted molar refractivity (Wildman–Crippen MR) is 87.6 cm³/mol. The van der Waals surface area contributed by atoms with Gasteiger partial charge in [0.25, 0.3) is 5.91 Å². The zero-order chi connectivity index (χ0) is 14.9. The van der Waals surface area contributed by atoms with Crippen molar-refractivity contribution >= 4 is 17.3 Å². The van der Waals surface area contributed by atoms with Crippen molar-refractivity contribution in [2.45, 2.75) is 32.1 Å². The summed E-state index contributed by atoms with van der Waals surface area (Å²) in [6.07, 6.45) is 6.62. The number of anilines is 1. The lowest BCUT2D eigenvalue weighted by atomic mass is 9.55. The van der Waals surface area contributed by atoms with Crippen LogP contribution in [0.25, 0.3) is 0 Å². The van der Waals surface area contributed by atoms with Gasteiger partial charge in [-0.1, -0.05) is 18.2 Å². The number of hydrogen-bond donors (Lipinski definition) is 2. The van der Waals surface area contributed by atoms with Crippen molar-refractivity contribution in [1.29, 1.82) is 0 Å². The van der Waals surface area contributed by atoms with Crippen molar-refractivity contribution in [3.05, 3.63) is 30.3 Å². The first kappa shape index (κ1) is 13.8. The van der Waals surface area contributed by atoms with Crippen LogP contribution < -0.4 is 10.7 Å². The Bertz CT molecular complexity index is 551. The van der Waals surface area contributed by atoms with E-state index in [9.17, 15) is 4.79 Å². The average Bonchev–Trinajstić information content (AvgIpc) is 2.52. The highest BCUT2D eigenvalue weighted by molar-refractivity contribution is 5.92. The van der Waals surface area contributed by atoms with E-state index in [0.717, 1.165) is 17.5 Å². The van der Waals surface area contributed by atoms with Crippen molar-refractivity contribution < 1.29 is 4.79 Å². The van der Waals surface area contributed by atoms with Crippen molar-refractivity contribution in [1.82, 2.24) is 5.43 Å². The van der Waals surface area contributed by atoms with E-state index in [-0.39, 0.29) is 12.5 Å². The van der Waals surface area contributed by atoms with Gasteiger partial charge in [0.05, 0.1) is 6.54 Å². The highest BCUT2D eigenvalue weighted by Gasteiger charge is 2.46. The normalized spacial score (nSPS) is 31.9. The first-order chi connectivity index (χ1) is 10.8. The van der Waals surface area contributed by atoms with Gasteiger partial charge in [0, 0.05) is 11.4 Å². The Morgan fingerprint density at radius 3 is 2.27 bits per heavy atom. The number of amides is 1. The molecule has 116 valence electrons. The van der Waals surface area contributed by atoms with Gasteiger partial charge in [-0.15, -0.1) is 0 Å². The van der Waals surface area contributed by atoms with Crippen LogP contribution in [0, 0.1) is 23.7 Å². The maximum Gasteiger partial charge on any atom is 0.259 e. The number of carbonyl (C=O) groups is 1. The third kappa shape index (κ3) is 2.74. The van der Waals surface area contributed by atoms with Crippen LogP contribution in [-0.2, 0) is 4.79 Å². The van der Waals surface area contributed by atoms with Gasteiger partial charge in [-0.25, -0.2) is 5.43 Å². The number of benzene rings is 1. The van der Waals surface area contributed by atoms with Crippen molar-refractivity contribution in [3.63, 3.8) is 0 Å². The molecule has 0 aliphatic heterocycles. The Morgan fingerprint density at radius 2 is 1.64 bits per heavy atom. The van der Waals surface area contributed by atoms with Gasteiger partial charge in [0.15, 0.2) is 0 Å². The van der Waals surface area contributed by atoms with Gasteiger partial charge in [-0.2, -0.15) is 5.10 Å². The van der Waals surface area contributed by atoms with Crippen LogP contribution in [0.1, 0.15) is 32.1 Å². The molecule has 4 aliphatic carbocycles. The number of carbonyl (C=O) groups excluding carboxylic acids is 1.